The van der Waals surface area contributed by atoms with Crippen LogP contribution in [0.3, 0.4) is 0 Å². The van der Waals surface area contributed by atoms with Crippen molar-refractivity contribution in [1.29, 1.82) is 0 Å². The molecule has 0 aliphatic rings. The third kappa shape index (κ3) is 4.47. The summed E-state index contributed by atoms with van der Waals surface area (Å²) in [5.74, 6) is 1.44. The summed E-state index contributed by atoms with van der Waals surface area (Å²) in [5, 5.41) is 2.16. The lowest BCUT2D eigenvalue weighted by Crippen LogP contribution is -2.17. The van der Waals surface area contributed by atoms with Crippen LogP contribution in [0, 0.1) is 0 Å². The van der Waals surface area contributed by atoms with E-state index in [1.807, 2.05) is 48.5 Å². The van der Waals surface area contributed by atoms with E-state index in [0.717, 1.165) is 46.2 Å². The predicted molar refractivity (Wildman–Crippen MR) is 123 cm³/mol. The standard InChI is InChI=1S/C25H24N2O2S/c1-28-23-14-13-20(17-24(23)29-2)22-18-30-25(26-21-11-7-4-8-12-21)27(22)16-15-19-9-5-3-6-10-19/h3-14,17-18H,15-16H2,1-2H3. The molecule has 4 aromatic rings. The Hall–Kier alpha value is -3.31. The number of ether oxygens (including phenoxy) is 2. The molecule has 0 radical (unpaired) electrons. The number of para-hydroxylation sites is 1. The summed E-state index contributed by atoms with van der Waals surface area (Å²) >= 11 is 1.65. The summed E-state index contributed by atoms with van der Waals surface area (Å²) in [5.41, 5.74) is 4.45. The van der Waals surface area contributed by atoms with E-state index in [-0.39, 0.29) is 0 Å². The zero-order valence-corrected chi connectivity index (χ0v) is 17.9. The van der Waals surface area contributed by atoms with Gasteiger partial charge in [0.15, 0.2) is 16.3 Å². The van der Waals surface area contributed by atoms with E-state index in [9.17, 15) is 0 Å². The van der Waals surface area contributed by atoms with E-state index >= 15 is 0 Å². The SMILES string of the molecule is COc1ccc(-c2csc(=Nc3ccccc3)n2CCc2ccccc2)cc1OC. The molecule has 1 heterocycles. The Morgan fingerprint density at radius 3 is 2.23 bits per heavy atom. The first-order valence-corrected chi connectivity index (χ1v) is 10.7. The Bertz CT molecular complexity index is 1160. The van der Waals surface area contributed by atoms with E-state index in [0.29, 0.717) is 0 Å². The Morgan fingerprint density at radius 1 is 0.833 bits per heavy atom. The predicted octanol–water partition coefficient (Wildman–Crippen LogP) is 5.71. The van der Waals surface area contributed by atoms with Crippen molar-refractivity contribution in [2.24, 2.45) is 4.99 Å². The van der Waals surface area contributed by atoms with Gasteiger partial charge in [0.05, 0.1) is 25.6 Å². The average molecular weight is 417 g/mol. The van der Waals surface area contributed by atoms with Crippen LogP contribution in [0.5, 0.6) is 11.5 Å². The molecule has 0 aliphatic carbocycles. The molecular weight excluding hydrogens is 392 g/mol. The number of aromatic nitrogens is 1. The highest BCUT2D eigenvalue weighted by atomic mass is 32.1. The third-order valence-corrected chi connectivity index (χ3v) is 5.79. The van der Waals surface area contributed by atoms with Gasteiger partial charge in [0.1, 0.15) is 0 Å². The van der Waals surface area contributed by atoms with Crippen molar-refractivity contribution in [1.82, 2.24) is 4.57 Å². The van der Waals surface area contributed by atoms with Crippen LogP contribution in [0.2, 0.25) is 0 Å². The van der Waals surface area contributed by atoms with Crippen molar-refractivity contribution in [2.45, 2.75) is 13.0 Å². The van der Waals surface area contributed by atoms with E-state index in [4.69, 9.17) is 14.5 Å². The molecule has 0 amide bonds. The maximum atomic E-state index is 5.52. The van der Waals surface area contributed by atoms with E-state index in [2.05, 4.69) is 40.3 Å². The summed E-state index contributed by atoms with van der Waals surface area (Å²) in [7, 11) is 3.31. The first-order valence-electron chi connectivity index (χ1n) is 9.83. The van der Waals surface area contributed by atoms with E-state index in [1.54, 1.807) is 25.6 Å². The molecule has 5 heteroatoms. The quantitative estimate of drug-likeness (QED) is 0.387. The summed E-state index contributed by atoms with van der Waals surface area (Å²) < 4.78 is 13.2. The molecule has 1 aromatic heterocycles. The van der Waals surface area contributed by atoms with Crippen molar-refractivity contribution in [3.05, 3.63) is 94.6 Å². The molecule has 0 saturated heterocycles. The molecular formula is C25H24N2O2S. The van der Waals surface area contributed by atoms with Gasteiger partial charge >= 0.3 is 0 Å². The van der Waals surface area contributed by atoms with Gasteiger partial charge in [-0.3, -0.25) is 0 Å². The van der Waals surface area contributed by atoms with Gasteiger partial charge < -0.3 is 14.0 Å². The van der Waals surface area contributed by atoms with Crippen molar-refractivity contribution in [2.75, 3.05) is 14.2 Å². The molecule has 0 atom stereocenters. The smallest absolute Gasteiger partial charge is 0.190 e. The summed E-state index contributed by atoms with van der Waals surface area (Å²) in [6, 6.07) is 26.6. The molecule has 0 unspecified atom stereocenters. The van der Waals surface area contributed by atoms with Crippen molar-refractivity contribution < 1.29 is 9.47 Å². The fourth-order valence-electron chi connectivity index (χ4n) is 3.36. The Balaban J connectivity index is 1.77. The lowest BCUT2D eigenvalue weighted by atomic mass is 10.1. The summed E-state index contributed by atoms with van der Waals surface area (Å²) in [6.07, 6.45) is 0.930. The number of aryl methyl sites for hydroxylation is 1. The molecule has 0 N–H and O–H groups in total. The van der Waals surface area contributed by atoms with Crippen molar-refractivity contribution in [3.8, 4) is 22.8 Å². The van der Waals surface area contributed by atoms with Crippen molar-refractivity contribution >= 4 is 17.0 Å². The number of hydrogen-bond acceptors (Lipinski definition) is 4. The van der Waals surface area contributed by atoms with Crippen LogP contribution in [0.25, 0.3) is 11.3 Å². The molecule has 0 aliphatic heterocycles. The van der Waals surface area contributed by atoms with Crippen LogP contribution in [0.4, 0.5) is 5.69 Å². The Labute approximate surface area is 180 Å². The van der Waals surface area contributed by atoms with Crippen LogP contribution >= 0.6 is 11.3 Å². The number of benzene rings is 3. The highest BCUT2D eigenvalue weighted by molar-refractivity contribution is 7.07. The molecule has 30 heavy (non-hydrogen) atoms. The van der Waals surface area contributed by atoms with Crippen LogP contribution in [0.15, 0.2) is 89.2 Å². The largest absolute Gasteiger partial charge is 0.493 e. The van der Waals surface area contributed by atoms with Crippen LogP contribution in [0.1, 0.15) is 5.56 Å². The van der Waals surface area contributed by atoms with Gasteiger partial charge in [0.25, 0.3) is 0 Å². The van der Waals surface area contributed by atoms with Gasteiger partial charge in [-0.1, -0.05) is 48.5 Å². The molecule has 0 bridgehead atoms. The third-order valence-electron chi connectivity index (χ3n) is 4.92. The first kappa shape index (κ1) is 20.0. The molecule has 0 saturated carbocycles. The minimum absolute atomic E-state index is 0.720. The van der Waals surface area contributed by atoms with Gasteiger partial charge in [-0.2, -0.15) is 0 Å². The maximum Gasteiger partial charge on any atom is 0.190 e. The zero-order chi connectivity index (χ0) is 20.8. The minimum Gasteiger partial charge on any atom is -0.493 e. The van der Waals surface area contributed by atoms with E-state index in [1.165, 1.54) is 5.56 Å². The molecule has 0 fully saturated rings. The van der Waals surface area contributed by atoms with Crippen molar-refractivity contribution in [3.63, 3.8) is 0 Å². The maximum absolute atomic E-state index is 5.52. The second kappa shape index (κ2) is 9.46. The monoisotopic (exact) mass is 416 g/mol. The minimum atomic E-state index is 0.720. The van der Waals surface area contributed by atoms with Gasteiger partial charge in [-0.25, -0.2) is 4.99 Å². The van der Waals surface area contributed by atoms with Gasteiger partial charge in [0, 0.05) is 17.5 Å². The molecule has 152 valence electrons. The number of methoxy groups -OCH3 is 2. The highest BCUT2D eigenvalue weighted by Gasteiger charge is 2.12. The lowest BCUT2D eigenvalue weighted by Gasteiger charge is -2.12. The summed E-state index contributed by atoms with van der Waals surface area (Å²) in [4.78, 5) is 5.88. The second-order valence-corrected chi connectivity index (χ2v) is 7.64. The molecule has 4 rings (SSSR count). The number of thiazole rings is 1. The first-order chi connectivity index (χ1) is 14.8. The lowest BCUT2D eigenvalue weighted by molar-refractivity contribution is 0.355. The fourth-order valence-corrected chi connectivity index (χ4v) is 4.31. The topological polar surface area (TPSA) is 35.8 Å². The average Bonchev–Trinajstić information content (AvgIpc) is 3.20. The molecule has 0 spiro atoms. The normalized spacial score (nSPS) is 11.5. The van der Waals surface area contributed by atoms with Gasteiger partial charge in [0.2, 0.25) is 0 Å². The molecule has 4 nitrogen and oxygen atoms in total. The fraction of sp³-hybridized carbons (Fsp3) is 0.160. The number of hydrogen-bond donors (Lipinski definition) is 0. The second-order valence-electron chi connectivity index (χ2n) is 6.81. The Kier molecular flexibility index (Phi) is 6.30. The van der Waals surface area contributed by atoms with Crippen LogP contribution in [-0.4, -0.2) is 18.8 Å². The van der Waals surface area contributed by atoms with Crippen LogP contribution in [-0.2, 0) is 13.0 Å². The number of rotatable bonds is 7. The van der Waals surface area contributed by atoms with Gasteiger partial charge in [-0.05, 0) is 42.3 Å². The van der Waals surface area contributed by atoms with E-state index < -0.39 is 0 Å². The highest BCUT2D eigenvalue weighted by Crippen LogP contribution is 2.32. The zero-order valence-electron chi connectivity index (χ0n) is 17.1. The Morgan fingerprint density at radius 2 is 1.53 bits per heavy atom. The van der Waals surface area contributed by atoms with Gasteiger partial charge in [-0.15, -0.1) is 11.3 Å². The number of nitrogens with zero attached hydrogens (tertiary/aromatic N) is 2. The summed E-state index contributed by atoms with van der Waals surface area (Å²) in [6.45, 7) is 0.836. The molecule has 3 aromatic carbocycles. The van der Waals surface area contributed by atoms with Crippen LogP contribution < -0.4 is 14.3 Å².